The Morgan fingerprint density at radius 2 is 1.50 bits per heavy atom. The molecular weight excluding hydrogens is 392 g/mol. The fourth-order valence-electron chi connectivity index (χ4n) is 2.41. The van der Waals surface area contributed by atoms with Gasteiger partial charge < -0.3 is 15.4 Å². The van der Waals surface area contributed by atoms with Gasteiger partial charge in [0.15, 0.2) is 0 Å². The van der Waals surface area contributed by atoms with Crippen LogP contribution in [0.25, 0.3) is 0 Å². The average Bonchev–Trinajstić information content (AvgIpc) is 2.67. The number of hydrogen-bond acceptors (Lipinski definition) is 3. The number of carbonyl (C=O) groups is 1. The van der Waals surface area contributed by atoms with Crippen molar-refractivity contribution < 1.29 is 9.53 Å². The van der Waals surface area contributed by atoms with Crippen LogP contribution in [0, 0.1) is 0 Å². The van der Waals surface area contributed by atoms with E-state index < -0.39 is 0 Å². The normalized spacial score (nSPS) is 10.2. The van der Waals surface area contributed by atoms with Gasteiger partial charge in [0, 0.05) is 10.2 Å². The van der Waals surface area contributed by atoms with E-state index in [2.05, 4.69) is 26.6 Å². The van der Waals surface area contributed by atoms with Crippen LogP contribution in [0.15, 0.2) is 83.3 Å². The molecule has 3 rings (SSSR count). The summed E-state index contributed by atoms with van der Waals surface area (Å²) in [7, 11) is 0. The molecule has 0 unspecified atom stereocenters. The Labute approximate surface area is 161 Å². The maximum Gasteiger partial charge on any atom is 0.243 e. The standard InChI is InChI=1S/C21H19BrN2O2/c22-17-10-4-5-11-18(17)23-14-21(25)24-19-12-6-7-13-20(19)26-15-16-8-2-1-3-9-16/h1-13,23H,14-15H2,(H,24,25). The predicted octanol–water partition coefficient (Wildman–Crippen LogP) is 5.08. The Morgan fingerprint density at radius 3 is 2.27 bits per heavy atom. The summed E-state index contributed by atoms with van der Waals surface area (Å²) >= 11 is 3.45. The zero-order valence-corrected chi connectivity index (χ0v) is 15.7. The molecule has 0 spiro atoms. The van der Waals surface area contributed by atoms with E-state index in [0.29, 0.717) is 18.0 Å². The van der Waals surface area contributed by atoms with Crippen molar-refractivity contribution in [3.63, 3.8) is 0 Å². The molecule has 0 saturated carbocycles. The Bertz CT molecular complexity index is 869. The predicted molar refractivity (Wildman–Crippen MR) is 108 cm³/mol. The molecule has 0 aliphatic rings. The van der Waals surface area contributed by atoms with Crippen LogP contribution in [-0.2, 0) is 11.4 Å². The Morgan fingerprint density at radius 1 is 0.846 bits per heavy atom. The quantitative estimate of drug-likeness (QED) is 0.570. The van der Waals surface area contributed by atoms with Crippen molar-refractivity contribution in [1.82, 2.24) is 0 Å². The van der Waals surface area contributed by atoms with Gasteiger partial charge in [0.05, 0.1) is 12.2 Å². The Balaban J connectivity index is 1.59. The Hall–Kier alpha value is -2.79. The molecule has 0 radical (unpaired) electrons. The highest BCUT2D eigenvalue weighted by Gasteiger charge is 2.08. The molecule has 1 amide bonds. The zero-order valence-electron chi connectivity index (χ0n) is 14.1. The summed E-state index contributed by atoms with van der Waals surface area (Å²) in [5, 5.41) is 6.01. The van der Waals surface area contributed by atoms with Crippen molar-refractivity contribution in [1.29, 1.82) is 0 Å². The second-order valence-electron chi connectivity index (χ2n) is 5.65. The number of benzene rings is 3. The first kappa shape index (κ1) is 18.0. The Kier molecular flexibility index (Phi) is 6.28. The molecule has 3 aromatic carbocycles. The van der Waals surface area contributed by atoms with E-state index in [1.54, 1.807) is 0 Å². The van der Waals surface area contributed by atoms with E-state index >= 15 is 0 Å². The first-order valence-electron chi connectivity index (χ1n) is 8.26. The molecule has 0 heterocycles. The van der Waals surface area contributed by atoms with Gasteiger partial charge in [-0.15, -0.1) is 0 Å². The molecular formula is C21H19BrN2O2. The van der Waals surface area contributed by atoms with Crippen molar-refractivity contribution in [3.8, 4) is 5.75 Å². The first-order chi connectivity index (χ1) is 12.7. The van der Waals surface area contributed by atoms with Crippen LogP contribution in [0.3, 0.4) is 0 Å². The minimum atomic E-state index is -0.142. The van der Waals surface area contributed by atoms with E-state index in [1.807, 2.05) is 78.9 Å². The van der Waals surface area contributed by atoms with E-state index in [1.165, 1.54) is 0 Å². The second-order valence-corrected chi connectivity index (χ2v) is 6.51. The number of para-hydroxylation sites is 3. The van der Waals surface area contributed by atoms with E-state index in [-0.39, 0.29) is 12.5 Å². The molecule has 0 aromatic heterocycles. The summed E-state index contributed by atoms with van der Waals surface area (Å²) < 4.78 is 6.78. The number of anilines is 2. The van der Waals surface area contributed by atoms with Gasteiger partial charge in [-0.3, -0.25) is 4.79 Å². The zero-order chi connectivity index (χ0) is 18.2. The smallest absolute Gasteiger partial charge is 0.243 e. The summed E-state index contributed by atoms with van der Waals surface area (Å²) in [6.45, 7) is 0.610. The third-order valence-electron chi connectivity index (χ3n) is 3.71. The summed E-state index contributed by atoms with van der Waals surface area (Å²) in [4.78, 5) is 12.3. The van der Waals surface area contributed by atoms with Crippen LogP contribution >= 0.6 is 15.9 Å². The molecule has 2 N–H and O–H groups in total. The van der Waals surface area contributed by atoms with Gasteiger partial charge in [-0.2, -0.15) is 0 Å². The third-order valence-corrected chi connectivity index (χ3v) is 4.40. The highest BCUT2D eigenvalue weighted by molar-refractivity contribution is 9.10. The maximum absolute atomic E-state index is 12.3. The van der Waals surface area contributed by atoms with Crippen molar-refractivity contribution in [3.05, 3.63) is 88.9 Å². The lowest BCUT2D eigenvalue weighted by atomic mass is 10.2. The number of carbonyl (C=O) groups excluding carboxylic acids is 1. The SMILES string of the molecule is O=C(CNc1ccccc1Br)Nc1ccccc1OCc1ccccc1. The number of hydrogen-bond donors (Lipinski definition) is 2. The molecule has 26 heavy (non-hydrogen) atoms. The number of nitrogens with one attached hydrogen (secondary N) is 2. The molecule has 132 valence electrons. The molecule has 0 saturated heterocycles. The topological polar surface area (TPSA) is 50.4 Å². The number of halogens is 1. The maximum atomic E-state index is 12.3. The lowest BCUT2D eigenvalue weighted by molar-refractivity contribution is -0.114. The van der Waals surface area contributed by atoms with Crippen molar-refractivity contribution in [2.24, 2.45) is 0 Å². The van der Waals surface area contributed by atoms with E-state index in [0.717, 1.165) is 15.7 Å². The van der Waals surface area contributed by atoms with Crippen molar-refractivity contribution in [2.45, 2.75) is 6.61 Å². The second kappa shape index (κ2) is 9.06. The molecule has 0 bridgehead atoms. The lowest BCUT2D eigenvalue weighted by Gasteiger charge is -2.13. The van der Waals surface area contributed by atoms with Gasteiger partial charge in [0.2, 0.25) is 5.91 Å². The van der Waals surface area contributed by atoms with Gasteiger partial charge in [0.1, 0.15) is 12.4 Å². The minimum absolute atomic E-state index is 0.142. The molecule has 5 heteroatoms. The molecule has 0 fully saturated rings. The average molecular weight is 411 g/mol. The summed E-state index contributed by atoms with van der Waals surface area (Å²) in [5.41, 5.74) is 2.60. The van der Waals surface area contributed by atoms with Crippen LogP contribution in [0.4, 0.5) is 11.4 Å². The highest BCUT2D eigenvalue weighted by atomic mass is 79.9. The molecule has 4 nitrogen and oxygen atoms in total. The van der Waals surface area contributed by atoms with Crippen LogP contribution < -0.4 is 15.4 Å². The van der Waals surface area contributed by atoms with Crippen molar-refractivity contribution >= 4 is 33.2 Å². The lowest BCUT2D eigenvalue weighted by Crippen LogP contribution is -2.22. The molecule has 0 atom stereocenters. The van der Waals surface area contributed by atoms with Crippen LogP contribution in [0.1, 0.15) is 5.56 Å². The van der Waals surface area contributed by atoms with Crippen LogP contribution in [0.5, 0.6) is 5.75 Å². The number of ether oxygens (including phenoxy) is 1. The number of amides is 1. The fourth-order valence-corrected chi connectivity index (χ4v) is 2.83. The summed E-state index contributed by atoms with van der Waals surface area (Å²) in [6.07, 6.45) is 0. The van der Waals surface area contributed by atoms with Crippen LogP contribution in [0.2, 0.25) is 0 Å². The molecule has 0 aliphatic heterocycles. The van der Waals surface area contributed by atoms with E-state index in [4.69, 9.17) is 4.74 Å². The van der Waals surface area contributed by atoms with Gasteiger partial charge in [-0.05, 0) is 45.8 Å². The fraction of sp³-hybridized carbons (Fsp3) is 0.0952. The third kappa shape index (κ3) is 5.10. The summed E-state index contributed by atoms with van der Waals surface area (Å²) in [5.74, 6) is 0.502. The highest BCUT2D eigenvalue weighted by Crippen LogP contribution is 2.25. The van der Waals surface area contributed by atoms with Crippen LogP contribution in [-0.4, -0.2) is 12.5 Å². The van der Waals surface area contributed by atoms with Crippen molar-refractivity contribution in [2.75, 3.05) is 17.2 Å². The van der Waals surface area contributed by atoms with Gasteiger partial charge in [-0.1, -0.05) is 54.6 Å². The minimum Gasteiger partial charge on any atom is -0.487 e. The first-order valence-corrected chi connectivity index (χ1v) is 9.05. The molecule has 0 aliphatic carbocycles. The monoisotopic (exact) mass is 410 g/mol. The molecule has 3 aromatic rings. The van der Waals surface area contributed by atoms with Gasteiger partial charge in [0.25, 0.3) is 0 Å². The number of rotatable bonds is 7. The van der Waals surface area contributed by atoms with Gasteiger partial charge in [-0.25, -0.2) is 0 Å². The van der Waals surface area contributed by atoms with E-state index in [9.17, 15) is 4.79 Å². The summed E-state index contributed by atoms with van der Waals surface area (Å²) in [6, 6.07) is 25.0. The largest absolute Gasteiger partial charge is 0.487 e. The van der Waals surface area contributed by atoms with Gasteiger partial charge >= 0.3 is 0 Å².